The molecule has 1 amide bonds. The molecule has 2 aromatic heterocycles. The van der Waals surface area contributed by atoms with Crippen molar-refractivity contribution in [1.29, 1.82) is 0 Å². The number of hydrogen-bond donors (Lipinski definition) is 0. The molecule has 2 aromatic carbocycles. The number of thiazole rings is 1. The average Bonchev–Trinajstić information content (AvgIpc) is 3.39. The van der Waals surface area contributed by atoms with Crippen molar-refractivity contribution < 1.29 is 13.9 Å². The molecule has 0 atom stereocenters. The van der Waals surface area contributed by atoms with Gasteiger partial charge < -0.3 is 9.15 Å². The Morgan fingerprint density at radius 1 is 1.13 bits per heavy atom. The molecule has 4 rings (SSSR count). The molecule has 0 bridgehead atoms. The Hall–Kier alpha value is -3.12. The lowest BCUT2D eigenvalue weighted by molar-refractivity contribution is -0.118. The fourth-order valence-electron chi connectivity index (χ4n) is 3.30. The molecule has 0 radical (unpaired) electrons. The highest BCUT2D eigenvalue weighted by Crippen LogP contribution is 2.35. The van der Waals surface area contributed by atoms with Gasteiger partial charge in [-0.3, -0.25) is 9.69 Å². The number of aromatic nitrogens is 1. The van der Waals surface area contributed by atoms with Gasteiger partial charge in [0.05, 0.1) is 30.5 Å². The summed E-state index contributed by atoms with van der Waals surface area (Å²) in [7, 11) is 0. The third-order valence-corrected chi connectivity index (χ3v) is 6.07. The summed E-state index contributed by atoms with van der Waals surface area (Å²) in [5, 5.41) is 0.641. The van der Waals surface area contributed by atoms with Crippen molar-refractivity contribution in [2.45, 2.75) is 33.7 Å². The van der Waals surface area contributed by atoms with Crippen LogP contribution < -0.4 is 9.64 Å². The van der Waals surface area contributed by atoms with Crippen molar-refractivity contribution in [3.05, 3.63) is 77.2 Å². The van der Waals surface area contributed by atoms with Gasteiger partial charge in [0.25, 0.3) is 0 Å². The third kappa shape index (κ3) is 4.24. The van der Waals surface area contributed by atoms with Gasteiger partial charge in [-0.25, -0.2) is 4.98 Å². The summed E-state index contributed by atoms with van der Waals surface area (Å²) in [6.07, 6.45) is 1.92. The number of furan rings is 1. The molecular weight excluding hydrogens is 396 g/mol. The van der Waals surface area contributed by atoms with E-state index in [1.165, 1.54) is 22.5 Å². The molecule has 30 heavy (non-hydrogen) atoms. The molecule has 0 aliphatic heterocycles. The van der Waals surface area contributed by atoms with Crippen LogP contribution in [0.5, 0.6) is 5.75 Å². The van der Waals surface area contributed by atoms with Crippen LogP contribution in [0.2, 0.25) is 0 Å². The summed E-state index contributed by atoms with van der Waals surface area (Å²) in [6.45, 7) is 6.98. The number of nitrogens with zero attached hydrogens (tertiary/aromatic N) is 2. The van der Waals surface area contributed by atoms with Crippen molar-refractivity contribution in [3.8, 4) is 5.75 Å². The van der Waals surface area contributed by atoms with Gasteiger partial charge in [-0.05, 0) is 61.7 Å². The number of rotatable bonds is 7. The second-order valence-electron chi connectivity index (χ2n) is 7.19. The minimum Gasteiger partial charge on any atom is -0.492 e. The lowest BCUT2D eigenvalue weighted by Crippen LogP contribution is -2.31. The number of amides is 1. The van der Waals surface area contributed by atoms with E-state index in [1.54, 1.807) is 11.2 Å². The monoisotopic (exact) mass is 420 g/mol. The van der Waals surface area contributed by atoms with Crippen LogP contribution in [-0.4, -0.2) is 17.5 Å². The van der Waals surface area contributed by atoms with Crippen molar-refractivity contribution in [2.75, 3.05) is 11.5 Å². The van der Waals surface area contributed by atoms with Gasteiger partial charge in [0.1, 0.15) is 17.0 Å². The van der Waals surface area contributed by atoms with Crippen LogP contribution in [0, 0.1) is 13.8 Å². The number of fused-ring (bicyclic) bond motifs is 1. The fraction of sp³-hybridized carbons (Fsp3) is 0.250. The zero-order valence-electron chi connectivity index (χ0n) is 17.3. The quantitative estimate of drug-likeness (QED) is 0.386. The predicted octanol–water partition coefficient (Wildman–Crippen LogP) is 5.68. The van der Waals surface area contributed by atoms with E-state index in [1.807, 2.05) is 43.3 Å². The van der Waals surface area contributed by atoms with Crippen molar-refractivity contribution in [3.63, 3.8) is 0 Å². The highest BCUT2D eigenvalue weighted by Gasteiger charge is 2.22. The lowest BCUT2D eigenvalue weighted by Gasteiger charge is -2.19. The van der Waals surface area contributed by atoms with Crippen LogP contribution in [0.25, 0.3) is 10.2 Å². The van der Waals surface area contributed by atoms with Gasteiger partial charge in [0.2, 0.25) is 5.91 Å². The zero-order chi connectivity index (χ0) is 21.1. The van der Waals surface area contributed by atoms with Crippen LogP contribution in [-0.2, 0) is 17.8 Å². The Balaban J connectivity index is 1.69. The standard InChI is InChI=1S/C24H24N2O3S/c1-4-28-20-8-5-9-21-23(20)25-24(30-21)26(15-19-7-6-12-29-19)22(27)14-18-11-10-16(2)17(3)13-18/h5-13H,4,14-15H2,1-3H3. The van der Waals surface area contributed by atoms with Crippen LogP contribution in [0.15, 0.2) is 59.2 Å². The molecule has 0 aliphatic carbocycles. The maximum Gasteiger partial charge on any atom is 0.233 e. The zero-order valence-corrected chi connectivity index (χ0v) is 18.2. The molecule has 154 valence electrons. The highest BCUT2D eigenvalue weighted by atomic mass is 32.1. The molecule has 0 aliphatic rings. The van der Waals surface area contributed by atoms with Gasteiger partial charge in [-0.15, -0.1) is 0 Å². The summed E-state index contributed by atoms with van der Waals surface area (Å²) >= 11 is 1.48. The van der Waals surface area contributed by atoms with E-state index in [9.17, 15) is 4.79 Å². The van der Waals surface area contributed by atoms with Gasteiger partial charge >= 0.3 is 0 Å². The van der Waals surface area contributed by atoms with E-state index in [2.05, 4.69) is 26.0 Å². The lowest BCUT2D eigenvalue weighted by atomic mass is 10.0. The summed E-state index contributed by atoms with van der Waals surface area (Å²) in [5.41, 5.74) is 4.17. The first-order chi connectivity index (χ1) is 14.5. The number of para-hydroxylation sites is 1. The predicted molar refractivity (Wildman–Crippen MR) is 120 cm³/mol. The summed E-state index contributed by atoms with van der Waals surface area (Å²) in [6, 6.07) is 15.7. The summed E-state index contributed by atoms with van der Waals surface area (Å²) < 4.78 is 12.2. The van der Waals surface area contributed by atoms with Gasteiger partial charge in [-0.2, -0.15) is 0 Å². The number of carbonyl (C=O) groups is 1. The number of ether oxygens (including phenoxy) is 1. The number of benzene rings is 2. The van der Waals surface area contributed by atoms with Crippen molar-refractivity contribution in [2.24, 2.45) is 0 Å². The Kier molecular flexibility index (Phi) is 5.86. The smallest absolute Gasteiger partial charge is 0.233 e. The highest BCUT2D eigenvalue weighted by molar-refractivity contribution is 7.22. The molecule has 0 spiro atoms. The van der Waals surface area contributed by atoms with E-state index < -0.39 is 0 Å². The minimum atomic E-state index is -0.0216. The van der Waals surface area contributed by atoms with Gasteiger partial charge in [-0.1, -0.05) is 35.6 Å². The van der Waals surface area contributed by atoms with E-state index in [4.69, 9.17) is 14.1 Å². The average molecular weight is 421 g/mol. The third-order valence-electron chi connectivity index (χ3n) is 5.02. The van der Waals surface area contributed by atoms with Crippen LogP contribution in [0.4, 0.5) is 5.13 Å². The molecule has 2 heterocycles. The van der Waals surface area contributed by atoms with Crippen LogP contribution >= 0.6 is 11.3 Å². The van der Waals surface area contributed by atoms with Gasteiger partial charge in [0, 0.05) is 0 Å². The second-order valence-corrected chi connectivity index (χ2v) is 8.20. The largest absolute Gasteiger partial charge is 0.492 e. The van der Waals surface area contributed by atoms with E-state index in [-0.39, 0.29) is 5.91 Å². The summed E-state index contributed by atoms with van der Waals surface area (Å²) in [4.78, 5) is 19.8. The second kappa shape index (κ2) is 8.71. The van der Waals surface area contributed by atoms with E-state index in [0.29, 0.717) is 30.5 Å². The van der Waals surface area contributed by atoms with Crippen molar-refractivity contribution >= 4 is 32.6 Å². The molecule has 0 saturated heterocycles. The minimum absolute atomic E-state index is 0.0216. The molecule has 6 heteroatoms. The SMILES string of the molecule is CCOc1cccc2sc(N(Cc3ccco3)C(=O)Cc3ccc(C)c(C)c3)nc12. The van der Waals surface area contributed by atoms with Crippen LogP contribution in [0.1, 0.15) is 29.4 Å². The molecule has 0 saturated carbocycles. The van der Waals surface area contributed by atoms with E-state index >= 15 is 0 Å². The normalized spacial score (nSPS) is 11.0. The number of anilines is 1. The molecule has 0 unspecified atom stereocenters. The van der Waals surface area contributed by atoms with Crippen LogP contribution in [0.3, 0.4) is 0 Å². The molecular formula is C24H24N2O3S. The molecule has 5 nitrogen and oxygen atoms in total. The Morgan fingerprint density at radius 2 is 2.00 bits per heavy atom. The molecule has 4 aromatic rings. The first-order valence-electron chi connectivity index (χ1n) is 9.96. The summed E-state index contributed by atoms with van der Waals surface area (Å²) in [5.74, 6) is 1.43. The fourth-order valence-corrected chi connectivity index (χ4v) is 4.30. The first kappa shape index (κ1) is 20.2. The first-order valence-corrected chi connectivity index (χ1v) is 10.8. The maximum atomic E-state index is 13.3. The van der Waals surface area contributed by atoms with Gasteiger partial charge in [0.15, 0.2) is 5.13 Å². The number of aryl methyl sites for hydroxylation is 2. The number of hydrogen-bond acceptors (Lipinski definition) is 5. The Labute approximate surface area is 179 Å². The maximum absolute atomic E-state index is 13.3. The molecule has 0 fully saturated rings. The molecule has 0 N–H and O–H groups in total. The van der Waals surface area contributed by atoms with E-state index in [0.717, 1.165) is 21.5 Å². The van der Waals surface area contributed by atoms with Crippen molar-refractivity contribution in [1.82, 2.24) is 4.98 Å². The Bertz CT molecular complexity index is 1160. The number of carbonyl (C=O) groups excluding carboxylic acids is 1. The topological polar surface area (TPSA) is 55.6 Å². The Morgan fingerprint density at radius 3 is 2.73 bits per heavy atom.